The number of benzene rings is 12. The Bertz CT molecular complexity index is 3840. The predicted octanol–water partition coefficient (Wildman–Crippen LogP) is 17.7. The number of fused-ring (bicyclic) bond motifs is 11. The molecule has 1 heteroatoms. The largest absolute Gasteiger partial charge is 0.456 e. The first-order valence-electron chi connectivity index (χ1n) is 21.8. The molecule has 12 aromatic carbocycles. The minimum atomic E-state index is 0.880. The molecule has 0 amide bonds. The van der Waals surface area contributed by atoms with Crippen molar-refractivity contribution >= 4 is 75.8 Å². The maximum atomic E-state index is 6.78. The molecular weight excluding hydrogens is 761 g/mol. The molecule has 0 spiro atoms. The minimum Gasteiger partial charge on any atom is -0.456 e. The fraction of sp³-hybridized carbons (Fsp3) is 0. The van der Waals surface area contributed by atoms with Crippen LogP contribution in [0.15, 0.2) is 235 Å². The lowest BCUT2D eigenvalue weighted by molar-refractivity contribution is 0.669. The van der Waals surface area contributed by atoms with Gasteiger partial charge in [0.2, 0.25) is 0 Å². The lowest BCUT2D eigenvalue weighted by atomic mass is 9.79. The molecule has 13 rings (SSSR count). The number of rotatable bonds is 5. The monoisotopic (exact) mass is 798 g/mol. The average molecular weight is 799 g/mol. The summed E-state index contributed by atoms with van der Waals surface area (Å²) in [5.74, 6) is 0. The van der Waals surface area contributed by atoms with Crippen molar-refractivity contribution < 1.29 is 4.42 Å². The molecule has 0 unspecified atom stereocenters. The Kier molecular flexibility index (Phi) is 7.98. The van der Waals surface area contributed by atoms with Crippen molar-refractivity contribution in [1.29, 1.82) is 0 Å². The van der Waals surface area contributed by atoms with E-state index < -0.39 is 0 Å². The molecule has 0 N–H and O–H groups in total. The summed E-state index contributed by atoms with van der Waals surface area (Å²) >= 11 is 0. The van der Waals surface area contributed by atoms with E-state index in [0.717, 1.165) is 38.6 Å². The van der Waals surface area contributed by atoms with E-state index in [9.17, 15) is 0 Å². The van der Waals surface area contributed by atoms with Gasteiger partial charge >= 0.3 is 0 Å². The quantitative estimate of drug-likeness (QED) is 0.125. The Hall–Kier alpha value is -8.26. The van der Waals surface area contributed by atoms with Crippen molar-refractivity contribution in [2.75, 3.05) is 0 Å². The molecule has 1 nitrogen and oxygen atoms in total. The van der Waals surface area contributed by atoms with Crippen LogP contribution in [0.25, 0.3) is 131 Å². The second-order valence-electron chi connectivity index (χ2n) is 16.6. The van der Waals surface area contributed by atoms with Crippen LogP contribution >= 0.6 is 0 Å². The molecule has 13 aromatic rings. The van der Waals surface area contributed by atoms with E-state index >= 15 is 0 Å². The van der Waals surface area contributed by atoms with Crippen molar-refractivity contribution in [3.63, 3.8) is 0 Å². The Morgan fingerprint density at radius 3 is 1.22 bits per heavy atom. The first-order valence-corrected chi connectivity index (χ1v) is 21.8. The van der Waals surface area contributed by atoms with Gasteiger partial charge in [-0.25, -0.2) is 0 Å². The highest BCUT2D eigenvalue weighted by atomic mass is 16.3. The molecule has 0 radical (unpaired) electrons. The van der Waals surface area contributed by atoms with Crippen molar-refractivity contribution in [2.45, 2.75) is 0 Å². The number of furan rings is 1. The highest BCUT2D eigenvalue weighted by Crippen LogP contribution is 2.52. The smallest absolute Gasteiger partial charge is 0.136 e. The molecule has 0 saturated carbocycles. The molecule has 1 heterocycles. The van der Waals surface area contributed by atoms with E-state index in [1.807, 2.05) is 0 Å². The minimum absolute atomic E-state index is 0.880. The standard InChI is InChI=1S/C62H38O/c1-4-18-39(19-5-1)42-32-33-47-55-37-56(54(41-22-8-3-9-23-41)38-58(55)63-57(47)36-42)59-49-28-14-16-30-51(49)61(52-31-17-15-29-50(52)59)62-43(40-20-6-2-7-21-40)34-35-53-46-26-11-10-24-44(46)45-25-12-13-27-48(45)60(53)62/h1-38H. The van der Waals surface area contributed by atoms with Crippen LogP contribution in [0.2, 0.25) is 0 Å². The summed E-state index contributed by atoms with van der Waals surface area (Å²) in [5, 5.41) is 14.7. The van der Waals surface area contributed by atoms with Gasteiger partial charge in [0.05, 0.1) is 0 Å². The topological polar surface area (TPSA) is 13.1 Å². The molecule has 0 bridgehead atoms. The Labute approximate surface area is 364 Å². The second kappa shape index (κ2) is 14.2. The summed E-state index contributed by atoms with van der Waals surface area (Å²) < 4.78 is 6.78. The summed E-state index contributed by atoms with van der Waals surface area (Å²) in [7, 11) is 0. The SMILES string of the molecule is c1ccc(-c2ccc3c(c2)oc2cc(-c4ccccc4)c(-c4c5ccccc5c(-c5c(-c6ccccc6)ccc6c7ccccc7c7ccccc7c56)c5ccccc45)cc23)cc1. The summed E-state index contributed by atoms with van der Waals surface area (Å²) in [4.78, 5) is 0. The number of hydrogen-bond donors (Lipinski definition) is 0. The van der Waals surface area contributed by atoms with Gasteiger partial charge in [0.15, 0.2) is 0 Å². The van der Waals surface area contributed by atoms with Gasteiger partial charge in [-0.2, -0.15) is 0 Å². The fourth-order valence-corrected chi connectivity index (χ4v) is 10.5. The van der Waals surface area contributed by atoms with Gasteiger partial charge in [-0.15, -0.1) is 0 Å². The maximum Gasteiger partial charge on any atom is 0.136 e. The van der Waals surface area contributed by atoms with E-state index in [4.69, 9.17) is 4.42 Å². The summed E-state index contributed by atoms with van der Waals surface area (Å²) in [5.41, 5.74) is 13.7. The molecule has 0 aliphatic rings. The van der Waals surface area contributed by atoms with Crippen LogP contribution in [-0.4, -0.2) is 0 Å². The zero-order chi connectivity index (χ0) is 41.4. The molecule has 0 aliphatic heterocycles. The van der Waals surface area contributed by atoms with Gasteiger partial charge in [-0.05, 0) is 134 Å². The van der Waals surface area contributed by atoms with Crippen LogP contribution in [0.1, 0.15) is 0 Å². The van der Waals surface area contributed by atoms with Gasteiger partial charge < -0.3 is 4.42 Å². The highest BCUT2D eigenvalue weighted by Gasteiger charge is 2.25. The van der Waals surface area contributed by atoms with Crippen molar-refractivity contribution in [3.8, 4) is 55.6 Å². The van der Waals surface area contributed by atoms with E-state index in [1.54, 1.807) is 0 Å². The lowest BCUT2D eigenvalue weighted by Gasteiger charge is -2.23. The van der Waals surface area contributed by atoms with Crippen LogP contribution in [0.5, 0.6) is 0 Å². The third kappa shape index (κ3) is 5.50. The molecule has 0 fully saturated rings. The Morgan fingerprint density at radius 2 is 0.635 bits per heavy atom. The van der Waals surface area contributed by atoms with E-state index in [1.165, 1.54) is 92.8 Å². The third-order valence-electron chi connectivity index (χ3n) is 13.2. The predicted molar refractivity (Wildman–Crippen MR) is 268 cm³/mol. The first-order chi connectivity index (χ1) is 31.3. The van der Waals surface area contributed by atoms with Gasteiger partial charge in [0, 0.05) is 10.8 Å². The molecule has 0 atom stereocenters. The lowest BCUT2D eigenvalue weighted by Crippen LogP contribution is -1.96. The molecular formula is C62H38O. The van der Waals surface area contributed by atoms with Crippen LogP contribution < -0.4 is 0 Å². The van der Waals surface area contributed by atoms with Crippen LogP contribution in [0, 0.1) is 0 Å². The van der Waals surface area contributed by atoms with Crippen molar-refractivity contribution in [2.24, 2.45) is 0 Å². The first kappa shape index (κ1) is 35.5. The second-order valence-corrected chi connectivity index (χ2v) is 16.6. The molecule has 0 saturated heterocycles. The van der Waals surface area contributed by atoms with E-state index in [0.29, 0.717) is 0 Å². The van der Waals surface area contributed by atoms with Gasteiger partial charge in [0.25, 0.3) is 0 Å². The van der Waals surface area contributed by atoms with E-state index in [2.05, 4.69) is 231 Å². The molecule has 0 aliphatic carbocycles. The van der Waals surface area contributed by atoms with Crippen molar-refractivity contribution in [1.82, 2.24) is 0 Å². The molecule has 292 valence electrons. The van der Waals surface area contributed by atoms with Crippen LogP contribution in [0.3, 0.4) is 0 Å². The highest BCUT2D eigenvalue weighted by molar-refractivity contribution is 6.34. The van der Waals surface area contributed by atoms with Crippen LogP contribution in [0.4, 0.5) is 0 Å². The average Bonchev–Trinajstić information content (AvgIpc) is 3.72. The Morgan fingerprint density at radius 1 is 0.206 bits per heavy atom. The summed E-state index contributed by atoms with van der Waals surface area (Å²) in [6.45, 7) is 0. The zero-order valence-electron chi connectivity index (χ0n) is 34.3. The van der Waals surface area contributed by atoms with Gasteiger partial charge in [-0.3, -0.25) is 0 Å². The fourth-order valence-electron chi connectivity index (χ4n) is 10.5. The summed E-state index contributed by atoms with van der Waals surface area (Å²) in [6.07, 6.45) is 0. The van der Waals surface area contributed by atoms with E-state index in [-0.39, 0.29) is 0 Å². The van der Waals surface area contributed by atoms with Crippen LogP contribution in [-0.2, 0) is 0 Å². The van der Waals surface area contributed by atoms with Gasteiger partial charge in [0.1, 0.15) is 11.2 Å². The number of hydrogen-bond acceptors (Lipinski definition) is 1. The summed E-state index contributed by atoms with van der Waals surface area (Å²) in [6, 6.07) is 84.3. The Balaban J connectivity index is 1.18. The van der Waals surface area contributed by atoms with Gasteiger partial charge in [-0.1, -0.05) is 206 Å². The third-order valence-corrected chi connectivity index (χ3v) is 13.2. The maximum absolute atomic E-state index is 6.78. The molecule has 63 heavy (non-hydrogen) atoms. The van der Waals surface area contributed by atoms with Crippen molar-refractivity contribution in [3.05, 3.63) is 231 Å². The normalized spacial score (nSPS) is 11.8. The molecule has 1 aromatic heterocycles. The zero-order valence-corrected chi connectivity index (χ0v) is 34.3.